The van der Waals surface area contributed by atoms with Crippen LogP contribution in [0, 0.1) is 13.8 Å². The van der Waals surface area contributed by atoms with Crippen LogP contribution in [-0.4, -0.2) is 67.5 Å². The van der Waals surface area contributed by atoms with E-state index in [2.05, 4.69) is 34.6 Å². The summed E-state index contributed by atoms with van der Waals surface area (Å²) in [5.74, 6) is 0.197. The SMILES string of the molecule is COc1cc(C)c(S(=O)(=O)Cc2cn(CC(=O)NC3CCC(N(C)C)CC3)nn2)c(C)c1. The molecule has 1 heterocycles. The van der Waals surface area contributed by atoms with Gasteiger partial charge in [-0.3, -0.25) is 4.79 Å². The van der Waals surface area contributed by atoms with Crippen LogP contribution in [0.1, 0.15) is 42.5 Å². The molecule has 1 aliphatic carbocycles. The lowest BCUT2D eigenvalue weighted by molar-refractivity contribution is -0.122. The molecule has 3 rings (SSSR count). The zero-order valence-electron chi connectivity index (χ0n) is 19.5. The molecule has 1 aliphatic rings. The fourth-order valence-electron chi connectivity index (χ4n) is 4.42. The first kappa shape index (κ1) is 24.2. The van der Waals surface area contributed by atoms with Gasteiger partial charge in [-0.05, 0) is 76.9 Å². The van der Waals surface area contributed by atoms with Crippen molar-refractivity contribution in [1.29, 1.82) is 0 Å². The molecule has 1 aromatic heterocycles. The normalized spacial score (nSPS) is 19.2. The van der Waals surface area contributed by atoms with E-state index < -0.39 is 9.84 Å². The van der Waals surface area contributed by atoms with Crippen LogP contribution in [0.15, 0.2) is 23.2 Å². The van der Waals surface area contributed by atoms with Gasteiger partial charge in [0.1, 0.15) is 18.0 Å². The molecule has 0 atom stereocenters. The maximum absolute atomic E-state index is 13.0. The van der Waals surface area contributed by atoms with Gasteiger partial charge < -0.3 is 15.0 Å². The van der Waals surface area contributed by atoms with Crippen molar-refractivity contribution in [2.75, 3.05) is 21.2 Å². The van der Waals surface area contributed by atoms with Crippen molar-refractivity contribution < 1.29 is 17.9 Å². The molecular weight excluding hydrogens is 430 g/mol. The number of aromatic nitrogens is 3. The number of carbonyl (C=O) groups is 1. The van der Waals surface area contributed by atoms with Crippen LogP contribution in [0.3, 0.4) is 0 Å². The Morgan fingerprint density at radius 2 is 1.81 bits per heavy atom. The van der Waals surface area contributed by atoms with Crippen LogP contribution in [0.5, 0.6) is 5.75 Å². The largest absolute Gasteiger partial charge is 0.497 e. The predicted molar refractivity (Wildman–Crippen MR) is 121 cm³/mol. The number of nitrogens with zero attached hydrogens (tertiary/aromatic N) is 4. The molecule has 1 fully saturated rings. The molecule has 9 nitrogen and oxygen atoms in total. The van der Waals surface area contributed by atoms with E-state index in [9.17, 15) is 13.2 Å². The molecule has 0 saturated heterocycles. The number of methoxy groups -OCH3 is 1. The van der Waals surface area contributed by atoms with Gasteiger partial charge in [-0.1, -0.05) is 5.21 Å². The first-order valence-electron chi connectivity index (χ1n) is 10.8. The predicted octanol–water partition coefficient (Wildman–Crippen LogP) is 1.87. The van der Waals surface area contributed by atoms with E-state index in [4.69, 9.17) is 4.74 Å². The van der Waals surface area contributed by atoms with E-state index in [1.165, 1.54) is 10.9 Å². The van der Waals surface area contributed by atoms with Crippen molar-refractivity contribution in [1.82, 2.24) is 25.2 Å². The van der Waals surface area contributed by atoms with E-state index in [0.717, 1.165) is 25.7 Å². The van der Waals surface area contributed by atoms with Gasteiger partial charge in [-0.25, -0.2) is 13.1 Å². The van der Waals surface area contributed by atoms with Gasteiger partial charge in [-0.15, -0.1) is 5.10 Å². The minimum absolute atomic E-state index is 0.0151. The third-order valence-electron chi connectivity index (χ3n) is 6.00. The second-order valence-electron chi connectivity index (χ2n) is 8.79. The number of ether oxygens (including phenoxy) is 1. The Hall–Kier alpha value is -2.46. The van der Waals surface area contributed by atoms with Crippen LogP contribution >= 0.6 is 0 Å². The number of carbonyl (C=O) groups excluding carboxylic acids is 1. The van der Waals surface area contributed by atoms with Crippen molar-refractivity contribution in [3.63, 3.8) is 0 Å². The first-order valence-corrected chi connectivity index (χ1v) is 12.5. The fraction of sp³-hybridized carbons (Fsp3) is 0.591. The summed E-state index contributed by atoms with van der Waals surface area (Å²) in [6.45, 7) is 3.51. The number of sulfone groups is 1. The summed E-state index contributed by atoms with van der Waals surface area (Å²) in [5, 5.41) is 11.0. The maximum Gasteiger partial charge on any atom is 0.242 e. The van der Waals surface area contributed by atoms with Gasteiger partial charge in [0.15, 0.2) is 9.84 Å². The Labute approximate surface area is 190 Å². The third kappa shape index (κ3) is 5.86. The van der Waals surface area contributed by atoms with Crippen molar-refractivity contribution in [2.24, 2.45) is 0 Å². The third-order valence-corrected chi connectivity index (χ3v) is 7.94. The van der Waals surface area contributed by atoms with E-state index in [1.54, 1.807) is 33.1 Å². The monoisotopic (exact) mass is 463 g/mol. The molecule has 176 valence electrons. The quantitative estimate of drug-likeness (QED) is 0.637. The molecule has 0 aliphatic heterocycles. The number of amides is 1. The Morgan fingerprint density at radius 3 is 2.38 bits per heavy atom. The zero-order chi connectivity index (χ0) is 23.5. The summed E-state index contributed by atoms with van der Waals surface area (Å²) in [5.41, 5.74) is 1.55. The number of aryl methyl sites for hydroxylation is 2. The fourth-order valence-corrected chi connectivity index (χ4v) is 6.19. The molecule has 0 unspecified atom stereocenters. The minimum Gasteiger partial charge on any atom is -0.497 e. The number of benzene rings is 1. The number of rotatable bonds is 8. The maximum atomic E-state index is 13.0. The molecule has 1 N–H and O–H groups in total. The van der Waals surface area contributed by atoms with Crippen molar-refractivity contribution >= 4 is 15.7 Å². The van der Waals surface area contributed by atoms with Gasteiger partial charge in [0.05, 0.1) is 23.9 Å². The van der Waals surface area contributed by atoms with Crippen molar-refractivity contribution in [3.8, 4) is 5.75 Å². The van der Waals surface area contributed by atoms with E-state index in [-0.39, 0.29) is 29.1 Å². The van der Waals surface area contributed by atoms with Crippen LogP contribution in [-0.2, 0) is 26.9 Å². The Morgan fingerprint density at radius 1 is 1.19 bits per heavy atom. The summed E-state index contributed by atoms with van der Waals surface area (Å²) in [7, 11) is 2.09. The topological polar surface area (TPSA) is 106 Å². The van der Waals surface area contributed by atoms with Gasteiger partial charge in [-0.2, -0.15) is 0 Å². The molecule has 32 heavy (non-hydrogen) atoms. The number of hydrogen-bond acceptors (Lipinski definition) is 7. The van der Waals surface area contributed by atoms with E-state index >= 15 is 0 Å². The van der Waals surface area contributed by atoms with Crippen LogP contribution in [0.25, 0.3) is 0 Å². The Balaban J connectivity index is 1.60. The second kappa shape index (κ2) is 9.99. The smallest absolute Gasteiger partial charge is 0.242 e. The van der Waals surface area contributed by atoms with Crippen molar-refractivity contribution in [3.05, 3.63) is 35.2 Å². The lowest BCUT2D eigenvalue weighted by atomic mass is 9.90. The summed E-state index contributed by atoms with van der Waals surface area (Å²) in [4.78, 5) is 14.9. The van der Waals surface area contributed by atoms with Gasteiger partial charge in [0.2, 0.25) is 5.91 Å². The zero-order valence-corrected chi connectivity index (χ0v) is 20.3. The molecule has 2 aromatic rings. The Kier molecular flexibility index (Phi) is 7.55. The summed E-state index contributed by atoms with van der Waals surface area (Å²) in [6.07, 6.45) is 5.56. The van der Waals surface area contributed by atoms with Crippen LogP contribution in [0.2, 0.25) is 0 Å². The molecule has 0 radical (unpaired) electrons. The van der Waals surface area contributed by atoms with Crippen LogP contribution in [0.4, 0.5) is 0 Å². The average Bonchev–Trinajstić information content (AvgIpc) is 3.13. The summed E-state index contributed by atoms with van der Waals surface area (Å²) < 4.78 is 32.6. The highest BCUT2D eigenvalue weighted by Gasteiger charge is 2.25. The highest BCUT2D eigenvalue weighted by atomic mass is 32.2. The summed E-state index contributed by atoms with van der Waals surface area (Å²) >= 11 is 0. The molecule has 1 amide bonds. The molecule has 0 bridgehead atoms. The highest BCUT2D eigenvalue weighted by molar-refractivity contribution is 7.90. The highest BCUT2D eigenvalue weighted by Crippen LogP contribution is 2.28. The standard InChI is InChI=1S/C22H33N5O4S/c1-15-10-20(31-5)11-16(2)22(15)32(29,30)14-18-12-27(25-24-18)13-21(28)23-17-6-8-19(9-7-17)26(3)4/h10-12,17,19H,6-9,13-14H2,1-5H3,(H,23,28). The van der Waals surface area contributed by atoms with Gasteiger partial charge in [0, 0.05) is 12.1 Å². The minimum atomic E-state index is -3.63. The lowest BCUT2D eigenvalue weighted by Gasteiger charge is -2.32. The van der Waals surface area contributed by atoms with E-state index in [0.29, 0.717) is 28.6 Å². The second-order valence-corrected chi connectivity index (χ2v) is 10.7. The summed E-state index contributed by atoms with van der Waals surface area (Å²) in [6, 6.07) is 4.14. The number of hydrogen-bond donors (Lipinski definition) is 1. The van der Waals surface area contributed by atoms with Gasteiger partial charge in [0.25, 0.3) is 0 Å². The van der Waals surface area contributed by atoms with Gasteiger partial charge >= 0.3 is 0 Å². The molecule has 0 spiro atoms. The molecule has 10 heteroatoms. The van der Waals surface area contributed by atoms with Crippen LogP contribution < -0.4 is 10.1 Å². The number of nitrogens with one attached hydrogen (secondary N) is 1. The average molecular weight is 464 g/mol. The molecular formula is C22H33N5O4S. The van der Waals surface area contributed by atoms with E-state index in [1.807, 2.05) is 0 Å². The van der Waals surface area contributed by atoms with Crippen molar-refractivity contribution in [2.45, 2.75) is 68.8 Å². The Bertz CT molecular complexity index is 1030. The molecule has 1 aromatic carbocycles. The lowest BCUT2D eigenvalue weighted by Crippen LogP contribution is -2.42. The first-order chi connectivity index (χ1) is 15.1. The molecule has 1 saturated carbocycles.